The van der Waals surface area contributed by atoms with Gasteiger partial charge in [-0.25, -0.2) is 0 Å². The first-order valence-corrected chi connectivity index (χ1v) is 0. The van der Waals surface area contributed by atoms with Crippen LogP contribution in [0.2, 0.25) is 0 Å². The molecule has 0 fully saturated rings. The number of hydrogen-bond acceptors (Lipinski definition) is 0. The van der Waals surface area contributed by atoms with Crippen LogP contribution in [-0.4, -0.2) is 0 Å². The molecule has 1 nitrogen and oxygen atoms in total. The number of rotatable bonds is 0. The molecule has 0 saturated carbocycles. The largest absolute Gasteiger partial charge is 0 e. The van der Waals surface area contributed by atoms with E-state index in [2.05, 4.69) is 0 Å². The summed E-state index contributed by atoms with van der Waals surface area (Å²) in [4.78, 5) is 0. The standard InChI is InChI=1S/Nb.O.Ti.Zr. The Bertz CT molecular complexity index is 8.00. The van der Waals surface area contributed by atoms with E-state index in [-0.39, 0.29) is 75.8 Å². The topological polar surface area (TPSA) is 28.5 Å². The average Bonchev–Trinajstić information content (AvgIpc) is 0. The van der Waals surface area contributed by atoms with E-state index in [0.29, 0.717) is 0 Å². The minimum absolute atomic E-state index is 0. The molecule has 19 valence electrons. The van der Waals surface area contributed by atoms with Crippen LogP contribution in [0.3, 0.4) is 0 Å². The van der Waals surface area contributed by atoms with Crippen molar-refractivity contribution in [3.05, 3.63) is 0 Å². The second kappa shape index (κ2) is 18.5. The van der Waals surface area contributed by atoms with E-state index in [0.717, 1.165) is 0 Å². The van der Waals surface area contributed by atoms with Crippen molar-refractivity contribution in [1.29, 1.82) is 0 Å². The van der Waals surface area contributed by atoms with Gasteiger partial charge in [-0.05, 0) is 0 Å². The Kier molecular flexibility index (Phi) is 155. The first-order valence-electron chi connectivity index (χ1n) is 0. The summed E-state index contributed by atoms with van der Waals surface area (Å²) in [7, 11) is 0. The Morgan fingerprint density at radius 2 is 1.00 bits per heavy atom. The van der Waals surface area contributed by atoms with Crippen LogP contribution in [0.25, 0.3) is 0 Å². The van der Waals surface area contributed by atoms with Crippen LogP contribution in [0.15, 0.2) is 0 Å². The third-order valence-corrected chi connectivity index (χ3v) is 0. The molecule has 0 aromatic rings. The normalized spacial score (nSPS) is 0. The Hall–Kier alpha value is 2.30. The van der Waals surface area contributed by atoms with E-state index in [1.165, 1.54) is 0 Å². The van der Waals surface area contributed by atoms with E-state index in [9.17, 15) is 0 Å². The van der Waals surface area contributed by atoms with Gasteiger partial charge in [0.05, 0.1) is 0 Å². The maximum atomic E-state index is 0. The van der Waals surface area contributed by atoms with Gasteiger partial charge in [0.15, 0.2) is 0 Å². The molecule has 4 heteroatoms. The average molecular weight is 248 g/mol. The Morgan fingerprint density at radius 1 is 1.00 bits per heavy atom. The monoisotopic (exact) mass is 247 g/mol. The van der Waals surface area contributed by atoms with Crippen molar-refractivity contribution in [2.45, 2.75) is 0 Å². The van der Waals surface area contributed by atoms with Crippen LogP contribution in [0.1, 0.15) is 0 Å². The molecule has 0 atom stereocenters. The zero-order chi connectivity index (χ0) is 0. The minimum atomic E-state index is 0. The molecule has 0 N–H and O–H groups in total. The van der Waals surface area contributed by atoms with Crippen LogP contribution in [0, 0.1) is 0 Å². The second-order valence-corrected chi connectivity index (χ2v) is 0. The summed E-state index contributed by atoms with van der Waals surface area (Å²) in [5.41, 5.74) is 0. The van der Waals surface area contributed by atoms with Crippen molar-refractivity contribution in [3.63, 3.8) is 0 Å². The SMILES string of the molecule is [Nb].[O].[Ti].[Zr]. The first-order chi connectivity index (χ1) is 0. The van der Waals surface area contributed by atoms with Crippen molar-refractivity contribution >= 4 is 0 Å². The van der Waals surface area contributed by atoms with Crippen molar-refractivity contribution in [2.24, 2.45) is 0 Å². The fraction of sp³-hybridized carbons (Fsp3) is 0. The van der Waals surface area contributed by atoms with E-state index < -0.39 is 0 Å². The molecule has 0 amide bonds. The first kappa shape index (κ1) is 33.5. The van der Waals surface area contributed by atoms with E-state index in [4.69, 9.17) is 0 Å². The maximum absolute atomic E-state index is 0. The van der Waals surface area contributed by atoms with Gasteiger partial charge in [-0.3, -0.25) is 0 Å². The minimum Gasteiger partial charge on any atom is 0 e. The molecule has 0 rings (SSSR count). The Labute approximate surface area is 74.7 Å². The zero-order valence-electron chi connectivity index (χ0n) is 1.86. The molecular weight excluding hydrogens is 248 g/mol. The predicted octanol–water partition coefficient (Wildman–Crippen LogP) is -0.126. The predicted molar refractivity (Wildman–Crippen MR) is 0.686 cm³/mol. The molecule has 0 saturated heterocycles. The van der Waals surface area contributed by atoms with Gasteiger partial charge < -0.3 is 0 Å². The van der Waals surface area contributed by atoms with E-state index in [1.54, 1.807) is 0 Å². The molecule has 3 radical (unpaired) electrons. The van der Waals surface area contributed by atoms with Crippen LogP contribution >= 0.6 is 0 Å². The molecule has 0 aromatic carbocycles. The molecule has 0 unspecified atom stereocenters. The Balaban J connectivity index is 0. The van der Waals surface area contributed by atoms with Crippen molar-refractivity contribution in [3.8, 4) is 0 Å². The molecule has 0 bridgehead atoms. The zero-order valence-corrected chi connectivity index (χ0v) is 8.07. The van der Waals surface area contributed by atoms with Gasteiger partial charge >= 0.3 is 0 Å². The molecule has 0 spiro atoms. The summed E-state index contributed by atoms with van der Waals surface area (Å²) in [5, 5.41) is 0. The van der Waals surface area contributed by atoms with Gasteiger partial charge in [0, 0.05) is 75.8 Å². The summed E-state index contributed by atoms with van der Waals surface area (Å²) < 4.78 is 0. The third-order valence-electron chi connectivity index (χ3n) is 0. The quantitative estimate of drug-likeness (QED) is 0.534. The molecule has 0 aliphatic rings. The second-order valence-electron chi connectivity index (χ2n) is 0. The fourth-order valence-electron chi connectivity index (χ4n) is 0. The maximum Gasteiger partial charge on any atom is 0 e. The van der Waals surface area contributed by atoms with Gasteiger partial charge in [0.1, 0.15) is 0 Å². The summed E-state index contributed by atoms with van der Waals surface area (Å²) in [6, 6.07) is 0. The molecule has 0 aliphatic heterocycles. The summed E-state index contributed by atoms with van der Waals surface area (Å²) in [5.74, 6) is 0. The van der Waals surface area contributed by atoms with Gasteiger partial charge in [0.25, 0.3) is 0 Å². The van der Waals surface area contributed by atoms with Crippen LogP contribution in [-0.2, 0) is 75.8 Å². The molecular formula is NbOTiZr. The molecule has 0 aliphatic carbocycles. The Morgan fingerprint density at radius 3 is 1.00 bits per heavy atom. The van der Waals surface area contributed by atoms with Crippen LogP contribution < -0.4 is 0 Å². The van der Waals surface area contributed by atoms with Gasteiger partial charge in [-0.15, -0.1) is 0 Å². The van der Waals surface area contributed by atoms with Crippen molar-refractivity contribution in [1.82, 2.24) is 0 Å². The number of hydrogen-bond donors (Lipinski definition) is 0. The van der Waals surface area contributed by atoms with Crippen LogP contribution in [0.5, 0.6) is 0 Å². The van der Waals surface area contributed by atoms with E-state index in [1.807, 2.05) is 0 Å². The smallest absolute Gasteiger partial charge is 0 e. The molecule has 0 aromatic heterocycles. The molecule has 4 heavy (non-hydrogen) atoms. The van der Waals surface area contributed by atoms with E-state index >= 15 is 0 Å². The van der Waals surface area contributed by atoms with Gasteiger partial charge in [-0.2, -0.15) is 0 Å². The third kappa shape index (κ3) is 8.85. The van der Waals surface area contributed by atoms with Crippen LogP contribution in [0.4, 0.5) is 0 Å². The van der Waals surface area contributed by atoms with Crippen molar-refractivity contribution < 1.29 is 75.8 Å². The summed E-state index contributed by atoms with van der Waals surface area (Å²) in [6.45, 7) is 0. The van der Waals surface area contributed by atoms with Crippen molar-refractivity contribution in [2.75, 3.05) is 0 Å². The summed E-state index contributed by atoms with van der Waals surface area (Å²) >= 11 is 0. The molecule has 0 heterocycles. The van der Waals surface area contributed by atoms with Gasteiger partial charge in [0.2, 0.25) is 0 Å². The fourth-order valence-corrected chi connectivity index (χ4v) is 0. The summed E-state index contributed by atoms with van der Waals surface area (Å²) in [6.07, 6.45) is 0. The van der Waals surface area contributed by atoms with Gasteiger partial charge in [-0.1, -0.05) is 0 Å².